The second-order valence-corrected chi connectivity index (χ2v) is 4.32. The fraction of sp³-hybridized carbons (Fsp3) is 0.462. The van der Waals surface area contributed by atoms with E-state index in [9.17, 15) is 4.79 Å². The second-order valence-electron chi connectivity index (χ2n) is 4.32. The number of carbonyl (C=O) groups excluding carboxylic acids is 1. The summed E-state index contributed by atoms with van der Waals surface area (Å²) >= 11 is 0. The first-order valence-corrected chi connectivity index (χ1v) is 5.94. The van der Waals surface area contributed by atoms with E-state index in [1.807, 2.05) is 25.1 Å². The summed E-state index contributed by atoms with van der Waals surface area (Å²) in [6.07, 6.45) is 0.0692. The summed E-state index contributed by atoms with van der Waals surface area (Å²) in [4.78, 5) is 11.2. The molecule has 0 aliphatic carbocycles. The molecule has 1 fully saturated rings. The molecule has 1 aromatic carbocycles. The van der Waals surface area contributed by atoms with E-state index in [1.165, 1.54) is 6.92 Å². The van der Waals surface area contributed by atoms with Crippen molar-refractivity contribution in [1.82, 2.24) is 5.32 Å². The van der Waals surface area contributed by atoms with E-state index >= 15 is 0 Å². The van der Waals surface area contributed by atoms with Crippen molar-refractivity contribution >= 4 is 11.6 Å². The third-order valence-corrected chi connectivity index (χ3v) is 2.87. The lowest BCUT2D eigenvalue weighted by atomic mass is 10.1. The Hall–Kier alpha value is -1.59. The number of hydrogen-bond donors (Lipinski definition) is 2. The Labute approximate surface area is 106 Å². The van der Waals surface area contributed by atoms with Crippen LogP contribution in [0.25, 0.3) is 0 Å². The van der Waals surface area contributed by atoms with E-state index in [4.69, 9.17) is 9.47 Å². The van der Waals surface area contributed by atoms with Crippen molar-refractivity contribution in [1.29, 1.82) is 0 Å². The zero-order valence-corrected chi connectivity index (χ0v) is 10.8. The highest BCUT2D eigenvalue weighted by atomic mass is 16.5. The Morgan fingerprint density at radius 1 is 1.56 bits per heavy atom. The van der Waals surface area contributed by atoms with Crippen molar-refractivity contribution in [3.8, 4) is 5.75 Å². The van der Waals surface area contributed by atoms with Gasteiger partial charge >= 0.3 is 0 Å². The third kappa shape index (κ3) is 2.80. The van der Waals surface area contributed by atoms with Gasteiger partial charge in [0.15, 0.2) is 0 Å². The van der Waals surface area contributed by atoms with Crippen LogP contribution in [0.3, 0.4) is 0 Å². The number of benzene rings is 1. The van der Waals surface area contributed by atoms with E-state index in [0.717, 1.165) is 12.1 Å². The molecule has 1 aromatic rings. The molecule has 0 aromatic heterocycles. The maximum absolute atomic E-state index is 11.2. The second kappa shape index (κ2) is 5.37. The van der Waals surface area contributed by atoms with Crippen molar-refractivity contribution < 1.29 is 14.3 Å². The number of carbonyl (C=O) groups is 1. The SMILES string of the molecule is COc1ccc(C2CNC(C)O2)cc1NC(C)=O. The van der Waals surface area contributed by atoms with Crippen molar-refractivity contribution in [2.24, 2.45) is 0 Å². The molecular formula is C13H18N2O3. The number of hydrogen-bond acceptors (Lipinski definition) is 4. The van der Waals surface area contributed by atoms with Gasteiger partial charge in [0.05, 0.1) is 18.9 Å². The summed E-state index contributed by atoms with van der Waals surface area (Å²) in [5.41, 5.74) is 1.70. The smallest absolute Gasteiger partial charge is 0.221 e. The van der Waals surface area contributed by atoms with E-state index in [0.29, 0.717) is 11.4 Å². The minimum absolute atomic E-state index is 0.0124. The van der Waals surface area contributed by atoms with Gasteiger partial charge < -0.3 is 14.8 Å². The Bertz CT molecular complexity index is 448. The normalized spacial score (nSPS) is 22.8. The van der Waals surface area contributed by atoms with Gasteiger partial charge in [0.25, 0.3) is 0 Å². The van der Waals surface area contributed by atoms with E-state index in [-0.39, 0.29) is 18.2 Å². The maximum Gasteiger partial charge on any atom is 0.221 e. The standard InChI is InChI=1S/C13H18N2O3/c1-8(16)15-11-6-10(4-5-12(11)17-3)13-7-14-9(2)18-13/h4-6,9,13-14H,7H2,1-3H3,(H,15,16). The topological polar surface area (TPSA) is 59.6 Å². The molecule has 5 heteroatoms. The Morgan fingerprint density at radius 2 is 2.33 bits per heavy atom. The van der Waals surface area contributed by atoms with Crippen molar-refractivity contribution in [3.05, 3.63) is 23.8 Å². The molecule has 1 amide bonds. The molecule has 2 rings (SSSR count). The molecule has 0 bridgehead atoms. The monoisotopic (exact) mass is 250 g/mol. The zero-order chi connectivity index (χ0) is 13.1. The minimum Gasteiger partial charge on any atom is -0.495 e. The molecule has 0 radical (unpaired) electrons. The van der Waals surface area contributed by atoms with Gasteiger partial charge in [0, 0.05) is 13.5 Å². The van der Waals surface area contributed by atoms with Crippen LogP contribution < -0.4 is 15.4 Å². The van der Waals surface area contributed by atoms with Crippen LogP contribution in [-0.4, -0.2) is 25.8 Å². The van der Waals surface area contributed by atoms with Gasteiger partial charge in [-0.3, -0.25) is 10.1 Å². The average Bonchev–Trinajstić information content (AvgIpc) is 2.75. The summed E-state index contributed by atoms with van der Waals surface area (Å²) in [6, 6.07) is 5.69. The molecule has 2 N–H and O–H groups in total. The molecule has 18 heavy (non-hydrogen) atoms. The van der Waals surface area contributed by atoms with Crippen molar-refractivity contribution in [2.75, 3.05) is 19.0 Å². The fourth-order valence-electron chi connectivity index (χ4n) is 2.03. The highest BCUT2D eigenvalue weighted by molar-refractivity contribution is 5.90. The summed E-state index contributed by atoms with van der Waals surface area (Å²) in [7, 11) is 1.58. The summed E-state index contributed by atoms with van der Waals surface area (Å²) in [6.45, 7) is 4.22. The summed E-state index contributed by atoms with van der Waals surface area (Å²) in [5.74, 6) is 0.525. The number of nitrogens with one attached hydrogen (secondary N) is 2. The van der Waals surface area contributed by atoms with Crippen LogP contribution in [-0.2, 0) is 9.53 Å². The van der Waals surface area contributed by atoms with Gasteiger partial charge in [0.1, 0.15) is 12.0 Å². The van der Waals surface area contributed by atoms with Crippen molar-refractivity contribution in [3.63, 3.8) is 0 Å². The molecule has 1 aliphatic rings. The van der Waals surface area contributed by atoms with Crippen LogP contribution in [0.4, 0.5) is 5.69 Å². The molecule has 2 atom stereocenters. The lowest BCUT2D eigenvalue weighted by Crippen LogP contribution is -2.17. The highest BCUT2D eigenvalue weighted by Crippen LogP contribution is 2.31. The van der Waals surface area contributed by atoms with Gasteiger partial charge in [-0.2, -0.15) is 0 Å². The predicted molar refractivity (Wildman–Crippen MR) is 68.6 cm³/mol. The molecule has 1 aliphatic heterocycles. The number of methoxy groups -OCH3 is 1. The van der Waals surface area contributed by atoms with E-state index < -0.39 is 0 Å². The van der Waals surface area contributed by atoms with Gasteiger partial charge in [-0.25, -0.2) is 0 Å². The first-order chi connectivity index (χ1) is 8.60. The molecule has 0 spiro atoms. The molecule has 5 nitrogen and oxygen atoms in total. The van der Waals surface area contributed by atoms with Crippen LogP contribution >= 0.6 is 0 Å². The first kappa shape index (κ1) is 12.9. The number of rotatable bonds is 3. The average molecular weight is 250 g/mol. The molecule has 1 saturated heterocycles. The molecular weight excluding hydrogens is 232 g/mol. The molecule has 0 saturated carbocycles. The van der Waals surface area contributed by atoms with Crippen LogP contribution in [0, 0.1) is 0 Å². The zero-order valence-electron chi connectivity index (χ0n) is 10.8. The van der Waals surface area contributed by atoms with E-state index in [1.54, 1.807) is 7.11 Å². The van der Waals surface area contributed by atoms with Gasteiger partial charge in [0.2, 0.25) is 5.91 Å². The number of ether oxygens (including phenoxy) is 2. The highest BCUT2D eigenvalue weighted by Gasteiger charge is 2.23. The van der Waals surface area contributed by atoms with Gasteiger partial charge in [-0.15, -0.1) is 0 Å². The number of anilines is 1. The Morgan fingerprint density at radius 3 is 2.89 bits per heavy atom. The summed E-state index contributed by atoms with van der Waals surface area (Å²) < 4.78 is 10.9. The number of amides is 1. The maximum atomic E-state index is 11.2. The first-order valence-electron chi connectivity index (χ1n) is 5.94. The summed E-state index contributed by atoms with van der Waals surface area (Å²) in [5, 5.41) is 5.98. The van der Waals surface area contributed by atoms with Crippen LogP contribution in [0.1, 0.15) is 25.5 Å². The van der Waals surface area contributed by atoms with Gasteiger partial charge in [-0.1, -0.05) is 6.07 Å². The quantitative estimate of drug-likeness (QED) is 0.856. The molecule has 98 valence electrons. The van der Waals surface area contributed by atoms with Crippen molar-refractivity contribution in [2.45, 2.75) is 26.2 Å². The Balaban J connectivity index is 2.24. The van der Waals surface area contributed by atoms with Gasteiger partial charge in [-0.05, 0) is 24.6 Å². The minimum atomic E-state index is -0.121. The van der Waals surface area contributed by atoms with Crippen LogP contribution in [0.2, 0.25) is 0 Å². The third-order valence-electron chi connectivity index (χ3n) is 2.87. The Kier molecular flexibility index (Phi) is 3.84. The van der Waals surface area contributed by atoms with Crippen LogP contribution in [0.5, 0.6) is 5.75 Å². The fourth-order valence-corrected chi connectivity index (χ4v) is 2.03. The lowest BCUT2D eigenvalue weighted by Gasteiger charge is -2.14. The van der Waals surface area contributed by atoms with E-state index in [2.05, 4.69) is 10.6 Å². The van der Waals surface area contributed by atoms with Crippen LogP contribution in [0.15, 0.2) is 18.2 Å². The molecule has 1 heterocycles. The predicted octanol–water partition coefficient (Wildman–Crippen LogP) is 1.66. The molecule has 2 unspecified atom stereocenters. The largest absolute Gasteiger partial charge is 0.495 e. The lowest BCUT2D eigenvalue weighted by molar-refractivity contribution is -0.114.